The summed E-state index contributed by atoms with van der Waals surface area (Å²) in [6.07, 6.45) is 11.1. The van der Waals surface area contributed by atoms with Gasteiger partial charge in [-0.15, -0.1) is 17.0 Å². The molecule has 0 aliphatic carbocycles. The van der Waals surface area contributed by atoms with Gasteiger partial charge < -0.3 is 24.6 Å². The third-order valence-electron chi connectivity index (χ3n) is 6.00. The summed E-state index contributed by atoms with van der Waals surface area (Å²) in [4.78, 5) is 11.3. The minimum atomic E-state index is -2.11. The van der Waals surface area contributed by atoms with Crippen LogP contribution in [0.2, 0.25) is 0 Å². The summed E-state index contributed by atoms with van der Waals surface area (Å²) >= 11 is 0. The molecule has 0 fully saturated rings. The monoisotopic (exact) mass is 537 g/mol. The fourth-order valence-electron chi connectivity index (χ4n) is 3.82. The second kappa shape index (κ2) is 17.7. The van der Waals surface area contributed by atoms with Crippen LogP contribution in [0.25, 0.3) is 0 Å². The Morgan fingerprint density at radius 1 is 0.794 bits per heavy atom. The van der Waals surface area contributed by atoms with Gasteiger partial charge in [0.2, 0.25) is 0 Å². The van der Waals surface area contributed by atoms with E-state index in [0.717, 1.165) is 11.0 Å². The highest BCUT2D eigenvalue weighted by Crippen LogP contribution is 2.28. The maximum Gasteiger partial charge on any atom is 0.154 e. The Morgan fingerprint density at radius 2 is 1.21 bits per heavy atom. The average Bonchev–Trinajstić information content (AvgIpc) is 2.81. The standard InChI is InChI=1S/C14H32NO.C14H12O3.BrH/c1-4-5-6-7-8-9-10-11-12-15(2,3)13-14-16;15-13(16)14(17,11-7-3-1-4-8-11)12-9-5-2-6-10-12;/h16H,4-14H2,1-3H3;1-10,17H,(H,15,16);1H/q+1;;/p-1. The van der Waals surface area contributed by atoms with Gasteiger partial charge in [0.25, 0.3) is 0 Å². The largest absolute Gasteiger partial charge is 0.546 e. The molecule has 192 valence electrons. The van der Waals surface area contributed by atoms with Crippen molar-refractivity contribution in [2.24, 2.45) is 0 Å². The number of benzene rings is 2. The highest BCUT2D eigenvalue weighted by molar-refractivity contribution is 8.93. The minimum absolute atomic E-state index is 0. The number of unbranched alkanes of at least 4 members (excludes halogenated alkanes) is 7. The van der Waals surface area contributed by atoms with E-state index in [1.807, 2.05) is 0 Å². The van der Waals surface area contributed by atoms with Crippen LogP contribution in [-0.4, -0.2) is 54.5 Å². The fraction of sp³-hybridized carbons (Fsp3) is 0.536. The van der Waals surface area contributed by atoms with Gasteiger partial charge in [-0.3, -0.25) is 0 Å². The number of carboxylic acids is 1. The van der Waals surface area contributed by atoms with Crippen LogP contribution in [0.4, 0.5) is 0 Å². The molecular formula is C28H44BrNO4. The van der Waals surface area contributed by atoms with E-state index < -0.39 is 11.6 Å². The molecule has 0 saturated heterocycles. The Hall–Kier alpha value is -1.73. The maximum absolute atomic E-state index is 11.3. The molecule has 0 spiro atoms. The quantitative estimate of drug-likeness (QED) is 0.275. The van der Waals surface area contributed by atoms with Crippen molar-refractivity contribution in [3.05, 3.63) is 71.8 Å². The molecule has 2 aromatic carbocycles. The third-order valence-corrected chi connectivity index (χ3v) is 6.00. The van der Waals surface area contributed by atoms with E-state index in [1.165, 1.54) is 57.9 Å². The van der Waals surface area contributed by atoms with Gasteiger partial charge in [-0.05, 0) is 24.0 Å². The number of nitrogens with zero attached hydrogens (tertiary/aromatic N) is 1. The van der Waals surface area contributed by atoms with Crippen LogP contribution in [0.5, 0.6) is 0 Å². The molecule has 2 rings (SSSR count). The van der Waals surface area contributed by atoms with E-state index in [9.17, 15) is 15.0 Å². The first-order valence-corrected chi connectivity index (χ1v) is 12.3. The Kier molecular flexibility index (Phi) is 16.8. The van der Waals surface area contributed by atoms with Crippen molar-refractivity contribution in [2.45, 2.75) is 63.9 Å². The van der Waals surface area contributed by atoms with Gasteiger partial charge in [0.15, 0.2) is 5.60 Å². The SMILES string of the molecule is Br.CCCCCCCCCC[N+](C)(C)CCO.O=C([O-])C(O)(c1ccccc1)c1ccccc1. The zero-order valence-corrected chi connectivity index (χ0v) is 22.8. The zero-order chi connectivity index (χ0) is 24.6. The Bertz CT molecular complexity index is 729. The number of aliphatic hydroxyl groups is 2. The van der Waals surface area contributed by atoms with Gasteiger partial charge in [0.05, 0.1) is 33.2 Å². The molecule has 34 heavy (non-hydrogen) atoms. The molecule has 0 heterocycles. The normalized spacial score (nSPS) is 11.2. The highest BCUT2D eigenvalue weighted by atomic mass is 79.9. The second-order valence-electron chi connectivity index (χ2n) is 9.31. The number of rotatable bonds is 14. The molecule has 0 amide bonds. The molecule has 5 nitrogen and oxygen atoms in total. The number of halogens is 1. The van der Waals surface area contributed by atoms with E-state index in [0.29, 0.717) is 6.61 Å². The van der Waals surface area contributed by atoms with E-state index in [1.54, 1.807) is 60.7 Å². The lowest BCUT2D eigenvalue weighted by molar-refractivity contribution is -0.890. The molecule has 0 atom stereocenters. The number of likely N-dealkylation sites (N-methyl/N-ethyl adjacent to an activating group) is 1. The number of aliphatic hydroxyl groups excluding tert-OH is 1. The summed E-state index contributed by atoms with van der Waals surface area (Å²) in [5.41, 5.74) is -1.54. The number of hydrogen-bond acceptors (Lipinski definition) is 4. The van der Waals surface area contributed by atoms with Crippen LogP contribution in [0.3, 0.4) is 0 Å². The predicted octanol–water partition coefficient (Wildman–Crippen LogP) is 4.45. The Morgan fingerprint density at radius 3 is 1.59 bits per heavy atom. The number of aliphatic carboxylic acids is 1. The molecular weight excluding hydrogens is 494 g/mol. The van der Waals surface area contributed by atoms with E-state index in [-0.39, 0.29) is 28.1 Å². The zero-order valence-electron chi connectivity index (χ0n) is 21.1. The van der Waals surface area contributed by atoms with Gasteiger partial charge >= 0.3 is 0 Å². The summed E-state index contributed by atoms with van der Waals surface area (Å²) in [5, 5.41) is 30.5. The van der Waals surface area contributed by atoms with E-state index in [4.69, 9.17) is 5.11 Å². The van der Waals surface area contributed by atoms with Gasteiger partial charge in [-0.2, -0.15) is 0 Å². The van der Waals surface area contributed by atoms with Crippen molar-refractivity contribution >= 4 is 23.0 Å². The first kappa shape index (κ1) is 32.3. The van der Waals surface area contributed by atoms with Gasteiger partial charge in [-0.1, -0.05) is 106 Å². The van der Waals surface area contributed by atoms with Crippen molar-refractivity contribution in [3.8, 4) is 0 Å². The van der Waals surface area contributed by atoms with Crippen LogP contribution in [0, 0.1) is 0 Å². The van der Waals surface area contributed by atoms with Crippen molar-refractivity contribution in [3.63, 3.8) is 0 Å². The lowest BCUT2D eigenvalue weighted by Gasteiger charge is -2.30. The molecule has 0 aliphatic heterocycles. The van der Waals surface area contributed by atoms with Crippen molar-refractivity contribution in [2.75, 3.05) is 33.8 Å². The fourth-order valence-corrected chi connectivity index (χ4v) is 3.82. The second-order valence-corrected chi connectivity index (χ2v) is 9.31. The van der Waals surface area contributed by atoms with E-state index in [2.05, 4.69) is 21.0 Å². The first-order chi connectivity index (χ1) is 15.8. The summed E-state index contributed by atoms with van der Waals surface area (Å²) in [6, 6.07) is 16.4. The topological polar surface area (TPSA) is 80.6 Å². The smallest absolute Gasteiger partial charge is 0.154 e. The summed E-state index contributed by atoms with van der Waals surface area (Å²) in [5.74, 6) is -1.53. The maximum atomic E-state index is 11.3. The highest BCUT2D eigenvalue weighted by Gasteiger charge is 2.32. The lowest BCUT2D eigenvalue weighted by Crippen LogP contribution is -2.46. The molecule has 2 aromatic rings. The van der Waals surface area contributed by atoms with Crippen molar-refractivity contribution in [1.82, 2.24) is 0 Å². The van der Waals surface area contributed by atoms with Crippen LogP contribution < -0.4 is 5.11 Å². The van der Waals surface area contributed by atoms with Crippen molar-refractivity contribution < 1.29 is 24.6 Å². The predicted molar refractivity (Wildman–Crippen MR) is 143 cm³/mol. The van der Waals surface area contributed by atoms with Crippen LogP contribution >= 0.6 is 17.0 Å². The summed E-state index contributed by atoms with van der Waals surface area (Å²) in [7, 11) is 4.41. The van der Waals surface area contributed by atoms with Gasteiger partial charge in [-0.25, -0.2) is 0 Å². The van der Waals surface area contributed by atoms with Crippen molar-refractivity contribution in [1.29, 1.82) is 0 Å². The minimum Gasteiger partial charge on any atom is -0.546 e. The average molecular weight is 539 g/mol. The third kappa shape index (κ3) is 11.6. The molecule has 6 heteroatoms. The number of carbonyl (C=O) groups is 1. The molecule has 0 saturated carbocycles. The molecule has 0 aliphatic rings. The molecule has 0 radical (unpaired) electrons. The van der Waals surface area contributed by atoms with E-state index >= 15 is 0 Å². The molecule has 2 N–H and O–H groups in total. The molecule has 0 aromatic heterocycles. The molecule has 0 bridgehead atoms. The van der Waals surface area contributed by atoms with Gasteiger partial charge in [0, 0.05) is 0 Å². The van der Waals surface area contributed by atoms with Crippen LogP contribution in [0.15, 0.2) is 60.7 Å². The summed E-state index contributed by atoms with van der Waals surface area (Å²) < 4.78 is 0.965. The molecule has 0 unspecified atom stereocenters. The lowest BCUT2D eigenvalue weighted by atomic mass is 9.86. The van der Waals surface area contributed by atoms with Crippen LogP contribution in [0.1, 0.15) is 69.4 Å². The summed E-state index contributed by atoms with van der Waals surface area (Å²) in [6.45, 7) is 4.66. The number of carboxylic acid groups (broad SMARTS) is 1. The number of quaternary nitrogens is 1. The number of hydrogen-bond donors (Lipinski definition) is 2. The van der Waals surface area contributed by atoms with Gasteiger partial charge in [0.1, 0.15) is 6.54 Å². The Balaban J connectivity index is 0.000000624. The number of carbonyl (C=O) groups excluding carboxylic acids is 1. The Labute approximate surface area is 216 Å². The van der Waals surface area contributed by atoms with Crippen LogP contribution in [-0.2, 0) is 10.4 Å². The first-order valence-electron chi connectivity index (χ1n) is 12.3.